The smallest absolute Gasteiger partial charge is 0.328 e. The van der Waals surface area contributed by atoms with Crippen LogP contribution in [0.3, 0.4) is 0 Å². The van der Waals surface area contributed by atoms with Crippen molar-refractivity contribution in [3.05, 3.63) is 18.5 Å². The highest BCUT2D eigenvalue weighted by atomic mass is 16.5. The van der Waals surface area contributed by atoms with E-state index in [1.54, 1.807) is 25.4 Å². The van der Waals surface area contributed by atoms with E-state index in [9.17, 15) is 9.59 Å². The lowest BCUT2D eigenvalue weighted by atomic mass is 10.0. The molecular formula is C12H19N3O3. The van der Waals surface area contributed by atoms with E-state index in [-0.39, 0.29) is 11.8 Å². The number of aromatic nitrogens is 2. The fourth-order valence-corrected chi connectivity index (χ4v) is 1.53. The molecule has 0 aliphatic heterocycles. The number of methoxy groups -OCH3 is 1. The quantitative estimate of drug-likeness (QED) is 0.786. The molecule has 1 N–H and O–H groups in total. The number of nitrogens with one attached hydrogen (secondary N) is 1. The van der Waals surface area contributed by atoms with E-state index >= 15 is 0 Å². The molecule has 1 aromatic rings. The molecule has 2 unspecified atom stereocenters. The van der Waals surface area contributed by atoms with Gasteiger partial charge in [-0.05, 0) is 18.9 Å². The molecule has 0 saturated heterocycles. The van der Waals surface area contributed by atoms with Crippen LogP contribution in [-0.4, -0.2) is 34.8 Å². The zero-order valence-electron chi connectivity index (χ0n) is 11.1. The second-order valence-corrected chi connectivity index (χ2v) is 4.42. The summed E-state index contributed by atoms with van der Waals surface area (Å²) in [6, 6.07) is 0.635. The predicted molar refractivity (Wildman–Crippen MR) is 65.7 cm³/mol. The standard InChI is InChI=1S/C12H19N3O3/c1-8(2)10(12(17)18-4)14-11(16)9(3)15-7-5-6-13-15/h5-10H,1-4H3,(H,14,16). The minimum atomic E-state index is -0.638. The first-order valence-corrected chi connectivity index (χ1v) is 5.84. The molecule has 2 atom stereocenters. The van der Waals surface area contributed by atoms with Gasteiger partial charge in [0.05, 0.1) is 7.11 Å². The van der Waals surface area contributed by atoms with E-state index in [2.05, 4.69) is 15.2 Å². The van der Waals surface area contributed by atoms with Crippen LogP contribution in [0.15, 0.2) is 18.5 Å². The van der Waals surface area contributed by atoms with Gasteiger partial charge in [-0.2, -0.15) is 5.10 Å². The molecule has 1 aromatic heterocycles. The second kappa shape index (κ2) is 6.18. The van der Waals surface area contributed by atoms with Gasteiger partial charge < -0.3 is 10.1 Å². The van der Waals surface area contributed by atoms with Crippen molar-refractivity contribution in [3.8, 4) is 0 Å². The van der Waals surface area contributed by atoms with Crippen LogP contribution in [-0.2, 0) is 14.3 Å². The molecule has 100 valence electrons. The number of rotatable bonds is 5. The third kappa shape index (κ3) is 3.32. The van der Waals surface area contributed by atoms with Gasteiger partial charge in [0.1, 0.15) is 12.1 Å². The van der Waals surface area contributed by atoms with Gasteiger partial charge in [0.25, 0.3) is 0 Å². The average Bonchev–Trinajstić information content (AvgIpc) is 2.87. The number of hydrogen-bond acceptors (Lipinski definition) is 4. The van der Waals surface area contributed by atoms with E-state index in [4.69, 9.17) is 0 Å². The number of carbonyl (C=O) groups is 2. The SMILES string of the molecule is COC(=O)C(NC(=O)C(C)n1cccn1)C(C)C. The minimum Gasteiger partial charge on any atom is -0.467 e. The maximum absolute atomic E-state index is 12.0. The Morgan fingerprint density at radius 3 is 2.44 bits per heavy atom. The van der Waals surface area contributed by atoms with Crippen LogP contribution in [0.1, 0.15) is 26.8 Å². The Balaban J connectivity index is 2.70. The molecule has 1 heterocycles. The number of ether oxygens (including phenoxy) is 1. The summed E-state index contributed by atoms with van der Waals surface area (Å²) in [4.78, 5) is 23.5. The summed E-state index contributed by atoms with van der Waals surface area (Å²) in [5, 5.41) is 6.67. The minimum absolute atomic E-state index is 0.0359. The molecule has 0 fully saturated rings. The number of nitrogens with zero attached hydrogens (tertiary/aromatic N) is 2. The van der Waals surface area contributed by atoms with Crippen LogP contribution >= 0.6 is 0 Å². The normalized spacial score (nSPS) is 14.1. The first-order chi connectivity index (χ1) is 8.47. The number of amides is 1. The Labute approximate surface area is 106 Å². The fourth-order valence-electron chi connectivity index (χ4n) is 1.53. The zero-order chi connectivity index (χ0) is 13.7. The van der Waals surface area contributed by atoms with Gasteiger partial charge in [-0.1, -0.05) is 13.8 Å². The van der Waals surface area contributed by atoms with Crippen LogP contribution in [0.5, 0.6) is 0 Å². The van der Waals surface area contributed by atoms with E-state index in [1.807, 2.05) is 13.8 Å². The van der Waals surface area contributed by atoms with Gasteiger partial charge in [-0.25, -0.2) is 4.79 Å². The summed E-state index contributed by atoms with van der Waals surface area (Å²) in [7, 11) is 1.31. The Hall–Kier alpha value is -1.85. The molecule has 0 bridgehead atoms. The van der Waals surface area contributed by atoms with Crippen LogP contribution in [0.2, 0.25) is 0 Å². The largest absolute Gasteiger partial charge is 0.467 e. The van der Waals surface area contributed by atoms with Crippen molar-refractivity contribution in [2.24, 2.45) is 5.92 Å². The molecule has 0 radical (unpaired) electrons. The Kier molecular flexibility index (Phi) is 4.88. The number of hydrogen-bond donors (Lipinski definition) is 1. The van der Waals surface area contributed by atoms with Crippen molar-refractivity contribution in [1.82, 2.24) is 15.1 Å². The maximum atomic E-state index is 12.0. The van der Waals surface area contributed by atoms with Crippen LogP contribution in [0.4, 0.5) is 0 Å². The number of carbonyl (C=O) groups excluding carboxylic acids is 2. The Morgan fingerprint density at radius 2 is 2.00 bits per heavy atom. The Bertz CT molecular complexity index is 401. The van der Waals surface area contributed by atoms with Crippen molar-refractivity contribution in [1.29, 1.82) is 0 Å². The monoisotopic (exact) mass is 253 g/mol. The van der Waals surface area contributed by atoms with E-state index in [1.165, 1.54) is 11.8 Å². The van der Waals surface area contributed by atoms with E-state index < -0.39 is 18.1 Å². The Morgan fingerprint density at radius 1 is 1.33 bits per heavy atom. The summed E-state index contributed by atoms with van der Waals surface area (Å²) >= 11 is 0. The molecule has 18 heavy (non-hydrogen) atoms. The van der Waals surface area contributed by atoms with E-state index in [0.717, 1.165) is 0 Å². The van der Waals surface area contributed by atoms with Gasteiger partial charge in [0, 0.05) is 12.4 Å². The third-order valence-electron chi connectivity index (χ3n) is 2.72. The zero-order valence-corrected chi connectivity index (χ0v) is 11.1. The van der Waals surface area contributed by atoms with Gasteiger partial charge in [0.2, 0.25) is 5.91 Å². The highest BCUT2D eigenvalue weighted by molar-refractivity contribution is 5.86. The maximum Gasteiger partial charge on any atom is 0.328 e. The third-order valence-corrected chi connectivity index (χ3v) is 2.72. The van der Waals surface area contributed by atoms with Gasteiger partial charge in [-0.15, -0.1) is 0 Å². The number of esters is 1. The van der Waals surface area contributed by atoms with E-state index in [0.29, 0.717) is 0 Å². The summed E-state index contributed by atoms with van der Waals surface area (Å²) in [6.07, 6.45) is 3.30. The van der Waals surface area contributed by atoms with Gasteiger partial charge in [0.15, 0.2) is 0 Å². The van der Waals surface area contributed by atoms with Gasteiger partial charge >= 0.3 is 5.97 Å². The molecule has 0 saturated carbocycles. The molecule has 1 rings (SSSR count). The van der Waals surface area contributed by atoms with Crippen LogP contribution in [0.25, 0.3) is 0 Å². The molecule has 1 amide bonds. The molecule has 6 nitrogen and oxygen atoms in total. The fraction of sp³-hybridized carbons (Fsp3) is 0.583. The topological polar surface area (TPSA) is 73.2 Å². The van der Waals surface area contributed by atoms with Crippen molar-refractivity contribution in [2.75, 3.05) is 7.11 Å². The molecule has 0 aliphatic carbocycles. The summed E-state index contributed by atoms with van der Waals surface area (Å²) in [5.41, 5.74) is 0. The highest BCUT2D eigenvalue weighted by Crippen LogP contribution is 2.08. The molecule has 6 heteroatoms. The summed E-state index contributed by atoms with van der Waals surface area (Å²) in [6.45, 7) is 5.41. The lowest BCUT2D eigenvalue weighted by Gasteiger charge is -2.22. The lowest BCUT2D eigenvalue weighted by Crippen LogP contribution is -2.47. The van der Waals surface area contributed by atoms with Crippen molar-refractivity contribution < 1.29 is 14.3 Å². The van der Waals surface area contributed by atoms with Crippen molar-refractivity contribution in [3.63, 3.8) is 0 Å². The molecule has 0 spiro atoms. The second-order valence-electron chi connectivity index (χ2n) is 4.42. The summed E-state index contributed by atoms with van der Waals surface area (Å²) < 4.78 is 6.20. The summed E-state index contributed by atoms with van der Waals surface area (Å²) in [5.74, 6) is -0.736. The van der Waals surface area contributed by atoms with Crippen molar-refractivity contribution >= 4 is 11.9 Å². The van der Waals surface area contributed by atoms with Crippen LogP contribution in [0, 0.1) is 5.92 Å². The van der Waals surface area contributed by atoms with Crippen molar-refractivity contribution in [2.45, 2.75) is 32.9 Å². The molecule has 0 aliphatic rings. The average molecular weight is 253 g/mol. The van der Waals surface area contributed by atoms with Crippen LogP contribution < -0.4 is 5.32 Å². The lowest BCUT2D eigenvalue weighted by molar-refractivity contribution is -0.146. The molecular weight excluding hydrogens is 234 g/mol. The van der Waals surface area contributed by atoms with Gasteiger partial charge in [-0.3, -0.25) is 9.48 Å². The predicted octanol–water partition coefficient (Wildman–Crippen LogP) is 0.758. The highest BCUT2D eigenvalue weighted by Gasteiger charge is 2.27. The first-order valence-electron chi connectivity index (χ1n) is 5.84. The molecule has 0 aromatic carbocycles. The first kappa shape index (κ1) is 14.2.